The van der Waals surface area contributed by atoms with Crippen molar-refractivity contribution in [3.05, 3.63) is 5.01 Å². The van der Waals surface area contributed by atoms with Gasteiger partial charge >= 0.3 is 0 Å². The molecule has 1 aromatic rings. The number of nitrogens with zero attached hydrogens (tertiary/aromatic N) is 2. The van der Waals surface area contributed by atoms with Crippen LogP contribution in [0.3, 0.4) is 0 Å². The van der Waals surface area contributed by atoms with Gasteiger partial charge in [-0.2, -0.15) is 0 Å². The largest absolute Gasteiger partial charge is 0.357 e. The lowest BCUT2D eigenvalue weighted by Crippen LogP contribution is -2.13. The summed E-state index contributed by atoms with van der Waals surface area (Å²) in [5, 5.41) is 13.9. The zero-order valence-corrected chi connectivity index (χ0v) is 9.44. The molecule has 0 aliphatic heterocycles. The lowest BCUT2D eigenvalue weighted by atomic mass is 10.3. The second-order valence-electron chi connectivity index (χ2n) is 3.88. The van der Waals surface area contributed by atoms with Crippen LogP contribution in [0.15, 0.2) is 0 Å². The van der Waals surface area contributed by atoms with E-state index in [1.807, 2.05) is 0 Å². The van der Waals surface area contributed by atoms with Crippen LogP contribution >= 0.6 is 11.3 Å². The topological polar surface area (TPSA) is 37.8 Å². The summed E-state index contributed by atoms with van der Waals surface area (Å²) in [4.78, 5) is 0. The Bertz CT molecular complexity index is 279. The molecule has 1 aliphatic rings. The van der Waals surface area contributed by atoms with Gasteiger partial charge in [0.1, 0.15) is 5.01 Å². The minimum atomic E-state index is 0.650. The normalized spacial score (nSPS) is 17.5. The SMILES string of the molecule is CCCc1nnc(NC2CCCC2)s1. The Morgan fingerprint density at radius 2 is 2.14 bits per heavy atom. The molecule has 14 heavy (non-hydrogen) atoms. The number of hydrogen-bond donors (Lipinski definition) is 1. The third kappa shape index (κ3) is 2.44. The molecule has 78 valence electrons. The lowest BCUT2D eigenvalue weighted by molar-refractivity contribution is 0.751. The third-order valence-corrected chi connectivity index (χ3v) is 3.53. The Morgan fingerprint density at radius 3 is 2.86 bits per heavy atom. The van der Waals surface area contributed by atoms with Gasteiger partial charge in [-0.15, -0.1) is 10.2 Å². The van der Waals surface area contributed by atoms with Crippen molar-refractivity contribution in [3.63, 3.8) is 0 Å². The molecule has 0 spiro atoms. The zero-order chi connectivity index (χ0) is 9.80. The quantitative estimate of drug-likeness (QED) is 0.832. The van der Waals surface area contributed by atoms with E-state index in [2.05, 4.69) is 22.4 Å². The highest BCUT2D eigenvalue weighted by Crippen LogP contribution is 2.24. The van der Waals surface area contributed by atoms with Gasteiger partial charge in [0, 0.05) is 12.5 Å². The van der Waals surface area contributed by atoms with Gasteiger partial charge in [0.15, 0.2) is 0 Å². The first-order valence-electron chi connectivity index (χ1n) is 5.47. The van der Waals surface area contributed by atoms with Crippen LogP contribution in [-0.2, 0) is 6.42 Å². The maximum Gasteiger partial charge on any atom is 0.205 e. The van der Waals surface area contributed by atoms with E-state index in [4.69, 9.17) is 0 Å². The van der Waals surface area contributed by atoms with E-state index in [0.29, 0.717) is 6.04 Å². The maximum absolute atomic E-state index is 4.16. The van der Waals surface area contributed by atoms with Gasteiger partial charge in [0.2, 0.25) is 5.13 Å². The Balaban J connectivity index is 1.88. The van der Waals surface area contributed by atoms with Gasteiger partial charge in [0.05, 0.1) is 0 Å². The smallest absolute Gasteiger partial charge is 0.205 e. The van der Waals surface area contributed by atoms with Gasteiger partial charge < -0.3 is 5.32 Å². The van der Waals surface area contributed by atoms with E-state index in [-0.39, 0.29) is 0 Å². The van der Waals surface area contributed by atoms with Crippen LogP contribution in [0.1, 0.15) is 44.0 Å². The Kier molecular flexibility index (Phi) is 3.35. The van der Waals surface area contributed by atoms with Crippen molar-refractivity contribution in [1.29, 1.82) is 0 Å². The molecule has 2 rings (SSSR count). The number of rotatable bonds is 4. The molecule has 1 aliphatic carbocycles. The molecular formula is C10H17N3S. The van der Waals surface area contributed by atoms with Crippen molar-refractivity contribution < 1.29 is 0 Å². The lowest BCUT2D eigenvalue weighted by Gasteiger charge is -2.08. The Morgan fingerprint density at radius 1 is 1.36 bits per heavy atom. The van der Waals surface area contributed by atoms with Crippen LogP contribution < -0.4 is 5.32 Å². The van der Waals surface area contributed by atoms with Gasteiger partial charge in [-0.1, -0.05) is 31.1 Å². The minimum absolute atomic E-state index is 0.650. The average molecular weight is 211 g/mol. The van der Waals surface area contributed by atoms with Crippen molar-refractivity contribution in [3.8, 4) is 0 Å². The number of anilines is 1. The van der Waals surface area contributed by atoms with E-state index in [0.717, 1.165) is 23.0 Å². The molecule has 0 aromatic carbocycles. The maximum atomic E-state index is 4.16. The Hall–Kier alpha value is -0.640. The molecule has 0 atom stereocenters. The molecule has 1 aromatic heterocycles. The number of hydrogen-bond acceptors (Lipinski definition) is 4. The molecule has 0 amide bonds. The van der Waals surface area contributed by atoms with Gasteiger partial charge in [0.25, 0.3) is 0 Å². The Labute approximate surface area is 88.9 Å². The van der Waals surface area contributed by atoms with Crippen LogP contribution in [0.5, 0.6) is 0 Å². The fourth-order valence-electron chi connectivity index (χ4n) is 1.87. The van der Waals surface area contributed by atoms with Crippen LogP contribution in [0.4, 0.5) is 5.13 Å². The van der Waals surface area contributed by atoms with Crippen molar-refractivity contribution >= 4 is 16.5 Å². The van der Waals surface area contributed by atoms with Crippen molar-refractivity contribution in [1.82, 2.24) is 10.2 Å². The van der Waals surface area contributed by atoms with Crippen molar-refractivity contribution in [2.24, 2.45) is 0 Å². The third-order valence-electron chi connectivity index (χ3n) is 2.61. The first-order chi connectivity index (χ1) is 6.88. The molecule has 0 radical (unpaired) electrons. The summed E-state index contributed by atoms with van der Waals surface area (Å²) in [5.41, 5.74) is 0. The first kappa shape index (κ1) is 9.90. The second-order valence-corrected chi connectivity index (χ2v) is 4.94. The van der Waals surface area contributed by atoms with Crippen LogP contribution in [0, 0.1) is 0 Å². The predicted octanol–water partition coefficient (Wildman–Crippen LogP) is 2.85. The molecule has 1 fully saturated rings. The van der Waals surface area contributed by atoms with Crippen LogP contribution in [0.2, 0.25) is 0 Å². The predicted molar refractivity (Wildman–Crippen MR) is 59.8 cm³/mol. The summed E-state index contributed by atoms with van der Waals surface area (Å²) in [7, 11) is 0. The zero-order valence-electron chi connectivity index (χ0n) is 8.62. The number of aromatic nitrogens is 2. The van der Waals surface area contributed by atoms with Crippen molar-refractivity contribution in [2.75, 3.05) is 5.32 Å². The van der Waals surface area contributed by atoms with Gasteiger partial charge in [-0.05, 0) is 19.3 Å². The summed E-state index contributed by atoms with van der Waals surface area (Å²) in [5.74, 6) is 0. The highest BCUT2D eigenvalue weighted by atomic mass is 32.1. The molecule has 3 nitrogen and oxygen atoms in total. The van der Waals surface area contributed by atoms with E-state index in [1.165, 1.54) is 25.7 Å². The van der Waals surface area contributed by atoms with Crippen LogP contribution in [0.25, 0.3) is 0 Å². The van der Waals surface area contributed by atoms with Crippen molar-refractivity contribution in [2.45, 2.75) is 51.5 Å². The minimum Gasteiger partial charge on any atom is -0.357 e. The first-order valence-corrected chi connectivity index (χ1v) is 6.29. The van der Waals surface area contributed by atoms with E-state index in [9.17, 15) is 0 Å². The van der Waals surface area contributed by atoms with E-state index < -0.39 is 0 Å². The average Bonchev–Trinajstić information content (AvgIpc) is 2.79. The second kappa shape index (κ2) is 4.73. The van der Waals surface area contributed by atoms with E-state index >= 15 is 0 Å². The highest BCUT2D eigenvalue weighted by molar-refractivity contribution is 7.15. The number of nitrogens with one attached hydrogen (secondary N) is 1. The molecule has 0 unspecified atom stereocenters. The van der Waals surface area contributed by atoms with Gasteiger partial charge in [-0.25, -0.2) is 0 Å². The molecule has 1 saturated carbocycles. The summed E-state index contributed by atoms with van der Waals surface area (Å²) >= 11 is 1.71. The van der Waals surface area contributed by atoms with Gasteiger partial charge in [-0.3, -0.25) is 0 Å². The molecule has 4 heteroatoms. The van der Waals surface area contributed by atoms with Crippen LogP contribution in [-0.4, -0.2) is 16.2 Å². The molecule has 0 saturated heterocycles. The monoisotopic (exact) mass is 211 g/mol. The summed E-state index contributed by atoms with van der Waals surface area (Å²) in [6, 6.07) is 0.650. The standard InChI is InChI=1S/C10H17N3S/c1-2-5-9-12-13-10(14-9)11-8-6-3-4-7-8/h8H,2-7H2,1H3,(H,11,13). The highest BCUT2D eigenvalue weighted by Gasteiger charge is 2.16. The van der Waals surface area contributed by atoms with E-state index in [1.54, 1.807) is 11.3 Å². The fourth-order valence-corrected chi connectivity index (χ4v) is 2.79. The summed E-state index contributed by atoms with van der Waals surface area (Å²) in [6.07, 6.45) is 7.52. The molecule has 0 bridgehead atoms. The molecular weight excluding hydrogens is 194 g/mol. The summed E-state index contributed by atoms with van der Waals surface area (Å²) < 4.78 is 0. The fraction of sp³-hybridized carbons (Fsp3) is 0.800. The molecule has 1 N–H and O–H groups in total. The number of aryl methyl sites for hydroxylation is 1. The summed E-state index contributed by atoms with van der Waals surface area (Å²) in [6.45, 7) is 2.17. The molecule has 1 heterocycles.